The van der Waals surface area contributed by atoms with Gasteiger partial charge < -0.3 is 14.8 Å². The van der Waals surface area contributed by atoms with E-state index in [2.05, 4.69) is 46.7 Å². The maximum Gasteiger partial charge on any atom is 0.354 e. The fourth-order valence-corrected chi connectivity index (χ4v) is 2.96. The molecule has 1 N–H and O–H groups in total. The summed E-state index contributed by atoms with van der Waals surface area (Å²) in [5.74, 6) is -2.25. The van der Waals surface area contributed by atoms with E-state index in [1.807, 2.05) is 0 Å². The van der Waals surface area contributed by atoms with Crippen LogP contribution in [-0.2, 0) is 19.1 Å². The Morgan fingerprint density at radius 1 is 1.33 bits per heavy atom. The third-order valence-corrected chi connectivity index (χ3v) is 3.86. The molecule has 0 aliphatic carbocycles. The lowest BCUT2D eigenvalue weighted by Crippen LogP contribution is -2.16. The van der Waals surface area contributed by atoms with Gasteiger partial charge in [-0.3, -0.25) is 0 Å². The van der Waals surface area contributed by atoms with Crippen LogP contribution in [-0.4, -0.2) is 26.2 Å². The average molecular weight is 445 g/mol. The van der Waals surface area contributed by atoms with E-state index in [1.54, 1.807) is 0 Å². The van der Waals surface area contributed by atoms with Crippen molar-refractivity contribution in [3.05, 3.63) is 37.6 Å². The second-order valence-electron chi connectivity index (χ2n) is 3.54. The SMILES string of the molecule is COC(=O)/C=C(/Nc1c(Cl)cc(Br)c(F)c1Br)C(=O)OC. The van der Waals surface area contributed by atoms with Crippen LogP contribution in [0.25, 0.3) is 0 Å². The van der Waals surface area contributed by atoms with Crippen molar-refractivity contribution in [1.29, 1.82) is 0 Å². The number of anilines is 1. The minimum Gasteiger partial charge on any atom is -0.466 e. The Morgan fingerprint density at radius 3 is 2.48 bits per heavy atom. The van der Waals surface area contributed by atoms with E-state index < -0.39 is 17.8 Å². The van der Waals surface area contributed by atoms with Gasteiger partial charge in [0.2, 0.25) is 0 Å². The van der Waals surface area contributed by atoms with Crippen LogP contribution in [0, 0.1) is 5.82 Å². The number of ether oxygens (including phenoxy) is 2. The first-order valence-electron chi connectivity index (χ1n) is 5.29. The third kappa shape index (κ3) is 4.42. The number of benzene rings is 1. The second-order valence-corrected chi connectivity index (χ2v) is 5.60. The van der Waals surface area contributed by atoms with Crippen LogP contribution in [0.1, 0.15) is 0 Å². The molecule has 5 nitrogen and oxygen atoms in total. The number of hydrogen-bond donors (Lipinski definition) is 1. The van der Waals surface area contributed by atoms with Gasteiger partial charge in [0, 0.05) is 0 Å². The van der Waals surface area contributed by atoms with Gasteiger partial charge in [0.05, 0.1) is 40.0 Å². The molecule has 1 aromatic rings. The number of rotatable bonds is 4. The summed E-state index contributed by atoms with van der Waals surface area (Å²) in [7, 11) is 2.28. The molecule has 21 heavy (non-hydrogen) atoms. The minimum absolute atomic E-state index is 0.0125. The molecule has 0 spiro atoms. The Labute approximate surface area is 141 Å². The van der Waals surface area contributed by atoms with Gasteiger partial charge in [0.15, 0.2) is 5.82 Å². The van der Waals surface area contributed by atoms with Gasteiger partial charge in [-0.15, -0.1) is 0 Å². The van der Waals surface area contributed by atoms with Crippen molar-refractivity contribution >= 4 is 61.1 Å². The molecule has 0 saturated heterocycles. The van der Waals surface area contributed by atoms with Crippen LogP contribution < -0.4 is 5.32 Å². The van der Waals surface area contributed by atoms with Gasteiger partial charge in [-0.1, -0.05) is 11.6 Å². The lowest BCUT2D eigenvalue weighted by atomic mass is 10.3. The first-order valence-corrected chi connectivity index (χ1v) is 7.26. The molecule has 0 bridgehead atoms. The molecular weight excluding hydrogens is 436 g/mol. The number of esters is 2. The molecule has 0 unspecified atom stereocenters. The monoisotopic (exact) mass is 443 g/mol. The maximum atomic E-state index is 13.8. The van der Waals surface area contributed by atoms with Crippen LogP contribution in [0.2, 0.25) is 5.02 Å². The average Bonchev–Trinajstić information content (AvgIpc) is 2.46. The largest absolute Gasteiger partial charge is 0.466 e. The van der Waals surface area contributed by atoms with Crippen molar-refractivity contribution in [2.45, 2.75) is 0 Å². The molecule has 0 heterocycles. The quantitative estimate of drug-likeness (QED) is 0.332. The van der Waals surface area contributed by atoms with E-state index in [9.17, 15) is 14.0 Å². The van der Waals surface area contributed by atoms with Crippen molar-refractivity contribution in [1.82, 2.24) is 0 Å². The molecule has 0 aliphatic heterocycles. The van der Waals surface area contributed by atoms with E-state index in [-0.39, 0.29) is 25.4 Å². The number of carbonyl (C=O) groups is 2. The van der Waals surface area contributed by atoms with Crippen molar-refractivity contribution < 1.29 is 23.5 Å². The Kier molecular flexibility index (Phi) is 6.63. The molecule has 0 fully saturated rings. The molecule has 0 atom stereocenters. The summed E-state index contributed by atoms with van der Waals surface area (Å²) >= 11 is 12.0. The smallest absolute Gasteiger partial charge is 0.354 e. The van der Waals surface area contributed by atoms with Crippen LogP contribution in [0.4, 0.5) is 10.1 Å². The predicted octanol–water partition coefficient (Wildman–Crippen LogP) is 3.65. The summed E-state index contributed by atoms with van der Waals surface area (Å²) in [5.41, 5.74) is -0.188. The summed E-state index contributed by atoms with van der Waals surface area (Å²) in [4.78, 5) is 22.9. The van der Waals surface area contributed by atoms with E-state index >= 15 is 0 Å². The fraction of sp³-hybridized carbons (Fsp3) is 0.167. The van der Waals surface area contributed by atoms with Gasteiger partial charge in [-0.25, -0.2) is 14.0 Å². The molecule has 114 valence electrons. The Morgan fingerprint density at radius 2 is 1.95 bits per heavy atom. The molecule has 9 heteroatoms. The zero-order valence-electron chi connectivity index (χ0n) is 10.8. The van der Waals surface area contributed by atoms with Crippen molar-refractivity contribution in [3.63, 3.8) is 0 Å². The first kappa shape index (κ1) is 17.9. The molecule has 0 saturated carbocycles. The first-order chi connectivity index (χ1) is 9.81. The highest BCUT2D eigenvalue weighted by Crippen LogP contribution is 2.37. The van der Waals surface area contributed by atoms with E-state index in [0.717, 1.165) is 20.3 Å². The molecular formula is C12H9Br2ClFNO4. The standard InChI is InChI=1S/C12H9Br2ClFNO4/c1-20-8(18)4-7(12(19)21-2)17-11-6(15)3-5(13)10(16)9(11)14/h3-4,17H,1-2H3/b7-4+. The summed E-state index contributed by atoms with van der Waals surface area (Å²) in [6.07, 6.45) is 0.870. The normalized spacial score (nSPS) is 11.0. The molecule has 0 amide bonds. The summed E-state index contributed by atoms with van der Waals surface area (Å²) in [6, 6.07) is 1.30. The highest BCUT2D eigenvalue weighted by atomic mass is 79.9. The predicted molar refractivity (Wildman–Crippen MR) is 82.5 cm³/mol. The summed E-state index contributed by atoms with van der Waals surface area (Å²) in [6.45, 7) is 0. The van der Waals surface area contributed by atoms with Crippen molar-refractivity contribution in [2.75, 3.05) is 19.5 Å². The van der Waals surface area contributed by atoms with Crippen LogP contribution in [0.3, 0.4) is 0 Å². The van der Waals surface area contributed by atoms with E-state index in [4.69, 9.17) is 11.6 Å². The second kappa shape index (κ2) is 7.77. The summed E-state index contributed by atoms with van der Waals surface area (Å²) < 4.78 is 22.9. The molecule has 0 radical (unpaired) electrons. The third-order valence-electron chi connectivity index (χ3n) is 2.24. The number of methoxy groups -OCH3 is 2. The van der Waals surface area contributed by atoms with Gasteiger partial charge in [0.25, 0.3) is 0 Å². The highest BCUT2D eigenvalue weighted by molar-refractivity contribution is 9.11. The molecule has 0 aromatic heterocycles. The van der Waals surface area contributed by atoms with Gasteiger partial charge >= 0.3 is 11.9 Å². The zero-order valence-corrected chi connectivity index (χ0v) is 14.7. The van der Waals surface area contributed by atoms with Crippen molar-refractivity contribution in [3.8, 4) is 0 Å². The number of halogens is 4. The van der Waals surface area contributed by atoms with E-state index in [0.29, 0.717) is 0 Å². The van der Waals surface area contributed by atoms with Gasteiger partial charge in [-0.2, -0.15) is 0 Å². The van der Waals surface area contributed by atoms with Crippen LogP contribution >= 0.6 is 43.5 Å². The van der Waals surface area contributed by atoms with Crippen LogP contribution in [0.5, 0.6) is 0 Å². The fourth-order valence-electron chi connectivity index (χ4n) is 1.25. The number of nitrogens with one attached hydrogen (secondary N) is 1. The maximum absolute atomic E-state index is 13.8. The Bertz CT molecular complexity index is 622. The van der Waals surface area contributed by atoms with Gasteiger partial charge in [-0.05, 0) is 37.9 Å². The Balaban J connectivity index is 3.28. The van der Waals surface area contributed by atoms with Crippen LogP contribution in [0.15, 0.2) is 26.8 Å². The molecule has 1 aromatic carbocycles. The topological polar surface area (TPSA) is 64.6 Å². The summed E-state index contributed by atoms with van der Waals surface area (Å²) in [5, 5.41) is 2.67. The van der Waals surface area contributed by atoms with Gasteiger partial charge in [0.1, 0.15) is 5.70 Å². The van der Waals surface area contributed by atoms with Crippen molar-refractivity contribution in [2.24, 2.45) is 0 Å². The van der Waals surface area contributed by atoms with E-state index in [1.165, 1.54) is 6.07 Å². The highest BCUT2D eigenvalue weighted by Gasteiger charge is 2.19. The lowest BCUT2D eigenvalue weighted by Gasteiger charge is -2.13. The number of hydrogen-bond acceptors (Lipinski definition) is 5. The number of carbonyl (C=O) groups excluding carboxylic acids is 2. The Hall–Kier alpha value is -1.12. The molecule has 0 aliphatic rings. The zero-order chi connectivity index (χ0) is 16.2. The lowest BCUT2D eigenvalue weighted by molar-refractivity contribution is -0.138. The molecule has 1 rings (SSSR count). The minimum atomic E-state index is -0.841.